The van der Waals surface area contributed by atoms with E-state index < -0.39 is 57.8 Å². The van der Waals surface area contributed by atoms with Gasteiger partial charge in [0, 0.05) is 16.1 Å². The van der Waals surface area contributed by atoms with E-state index in [1.807, 2.05) is 0 Å². The Morgan fingerprint density at radius 1 is 0.750 bits per heavy atom. The summed E-state index contributed by atoms with van der Waals surface area (Å²) < 4.78 is 107. The van der Waals surface area contributed by atoms with Gasteiger partial charge in [0.05, 0.1) is 14.2 Å². The number of benzene rings is 4. The van der Waals surface area contributed by atoms with Crippen LogP contribution in [0.1, 0.15) is 26.7 Å². The van der Waals surface area contributed by atoms with Crippen molar-refractivity contribution in [1.82, 2.24) is 0 Å². The highest BCUT2D eigenvalue weighted by molar-refractivity contribution is 8.00. The van der Waals surface area contributed by atoms with Crippen LogP contribution in [0.15, 0.2) is 77.7 Å². The van der Waals surface area contributed by atoms with Gasteiger partial charge in [0.15, 0.2) is 34.8 Å². The van der Waals surface area contributed by atoms with Gasteiger partial charge in [-0.2, -0.15) is 13.2 Å². The number of carbonyl (C=O) groups excluding carboxylic acids is 2. The van der Waals surface area contributed by atoms with Crippen LogP contribution in [0, 0.1) is 23.3 Å². The fraction of sp³-hybridized carbons (Fsp3) is 0.133. The Morgan fingerprint density at radius 3 is 1.98 bits per heavy atom. The summed E-state index contributed by atoms with van der Waals surface area (Å²) in [6, 6.07) is 18.4. The standard InChI is InChI=1S/C30H21F7N2O4S/c1-42-19-12-11-16(13-20(19)43-2)28(40)38-17-9-6-10-18(14-17)44-27(15-7-4-3-5-8-15)29(41)39-26-24(33)22(31)21(30(35,36)37)23(32)25(26)34/h3-14,27H,1-2H3,(H,38,40)(H,39,41). The van der Waals surface area contributed by atoms with Crippen LogP contribution in [-0.2, 0) is 11.0 Å². The van der Waals surface area contributed by atoms with Gasteiger partial charge in [0.25, 0.3) is 5.91 Å². The number of nitrogens with one attached hydrogen (secondary N) is 2. The molecule has 0 spiro atoms. The van der Waals surface area contributed by atoms with Crippen LogP contribution >= 0.6 is 11.8 Å². The molecule has 6 nitrogen and oxygen atoms in total. The number of anilines is 2. The predicted molar refractivity (Wildman–Crippen MR) is 149 cm³/mol. The first kappa shape index (κ1) is 32.2. The molecule has 230 valence electrons. The molecule has 0 heterocycles. The summed E-state index contributed by atoms with van der Waals surface area (Å²) in [5.74, 6) is -11.2. The predicted octanol–water partition coefficient (Wildman–Crippen LogP) is 8.00. The molecule has 0 bridgehead atoms. The minimum Gasteiger partial charge on any atom is -0.493 e. The Bertz CT molecular complexity index is 1670. The lowest BCUT2D eigenvalue weighted by Crippen LogP contribution is -2.23. The summed E-state index contributed by atoms with van der Waals surface area (Å²) >= 11 is 0.832. The Morgan fingerprint density at radius 2 is 1.39 bits per heavy atom. The summed E-state index contributed by atoms with van der Waals surface area (Å²) in [4.78, 5) is 26.5. The van der Waals surface area contributed by atoms with Gasteiger partial charge in [0.2, 0.25) is 5.91 Å². The summed E-state index contributed by atoms with van der Waals surface area (Å²) in [5.41, 5.74) is -3.65. The molecular formula is C30H21F7N2O4S. The van der Waals surface area contributed by atoms with Crippen molar-refractivity contribution in [2.75, 3.05) is 24.9 Å². The summed E-state index contributed by atoms with van der Waals surface area (Å²) in [6.45, 7) is 0. The number of methoxy groups -OCH3 is 2. The second-order valence-corrected chi connectivity index (χ2v) is 10.1. The zero-order valence-electron chi connectivity index (χ0n) is 22.7. The molecule has 0 aliphatic heterocycles. The van der Waals surface area contributed by atoms with Crippen LogP contribution in [0.2, 0.25) is 0 Å². The average Bonchev–Trinajstić information content (AvgIpc) is 3.00. The SMILES string of the molecule is COc1ccc(C(=O)Nc2cccc(SC(C(=O)Nc3c(F)c(F)c(C(F)(F)F)c(F)c3F)c3ccccc3)c2)cc1OC. The molecule has 0 radical (unpaired) electrons. The normalized spacial score (nSPS) is 11.9. The number of alkyl halides is 3. The lowest BCUT2D eigenvalue weighted by molar-refractivity contribution is -0.143. The summed E-state index contributed by atoms with van der Waals surface area (Å²) in [6.07, 6.45) is -5.74. The fourth-order valence-corrected chi connectivity index (χ4v) is 5.13. The summed E-state index contributed by atoms with van der Waals surface area (Å²) in [7, 11) is 2.85. The Balaban J connectivity index is 1.62. The Kier molecular flexibility index (Phi) is 9.72. The van der Waals surface area contributed by atoms with Crippen molar-refractivity contribution in [2.24, 2.45) is 0 Å². The molecule has 0 aromatic heterocycles. The smallest absolute Gasteiger partial charge is 0.422 e. The quantitative estimate of drug-likeness (QED) is 0.110. The Labute approximate surface area is 250 Å². The van der Waals surface area contributed by atoms with Crippen molar-refractivity contribution in [1.29, 1.82) is 0 Å². The minimum atomic E-state index is -5.74. The van der Waals surface area contributed by atoms with E-state index in [2.05, 4.69) is 5.32 Å². The van der Waals surface area contributed by atoms with Crippen molar-refractivity contribution in [2.45, 2.75) is 16.3 Å². The number of rotatable bonds is 9. The van der Waals surface area contributed by atoms with E-state index >= 15 is 0 Å². The van der Waals surface area contributed by atoms with Crippen molar-refractivity contribution in [3.05, 3.63) is 113 Å². The van der Waals surface area contributed by atoms with E-state index in [1.165, 1.54) is 44.6 Å². The molecule has 0 saturated heterocycles. The Hall–Kier alpha value is -4.72. The highest BCUT2D eigenvalue weighted by Gasteiger charge is 2.42. The van der Waals surface area contributed by atoms with Gasteiger partial charge in [-0.1, -0.05) is 36.4 Å². The van der Waals surface area contributed by atoms with Crippen LogP contribution < -0.4 is 20.1 Å². The molecule has 4 aromatic rings. The first-order chi connectivity index (χ1) is 20.8. The van der Waals surface area contributed by atoms with E-state index in [0.717, 1.165) is 11.8 Å². The van der Waals surface area contributed by atoms with Gasteiger partial charge in [-0.25, -0.2) is 17.6 Å². The fourth-order valence-electron chi connectivity index (χ4n) is 4.04. The monoisotopic (exact) mass is 638 g/mol. The lowest BCUT2D eigenvalue weighted by atomic mass is 10.1. The molecule has 14 heteroatoms. The molecule has 0 fully saturated rings. The molecule has 1 unspecified atom stereocenters. The van der Waals surface area contributed by atoms with Gasteiger partial charge >= 0.3 is 6.18 Å². The minimum absolute atomic E-state index is 0.238. The van der Waals surface area contributed by atoms with Gasteiger partial charge in [-0.15, -0.1) is 11.8 Å². The second-order valence-electron chi connectivity index (χ2n) is 8.95. The molecule has 0 saturated carbocycles. The van der Waals surface area contributed by atoms with Gasteiger partial charge < -0.3 is 20.1 Å². The van der Waals surface area contributed by atoms with E-state index in [9.17, 15) is 40.3 Å². The number of amides is 2. The number of halogens is 7. The number of thioether (sulfide) groups is 1. The molecule has 0 aliphatic rings. The second kappa shape index (κ2) is 13.3. The number of hydrogen-bond acceptors (Lipinski definition) is 5. The van der Waals surface area contributed by atoms with Gasteiger partial charge in [-0.3, -0.25) is 9.59 Å². The zero-order valence-corrected chi connectivity index (χ0v) is 23.5. The lowest BCUT2D eigenvalue weighted by Gasteiger charge is -2.19. The van der Waals surface area contributed by atoms with Crippen molar-refractivity contribution >= 4 is 35.0 Å². The number of ether oxygens (including phenoxy) is 2. The van der Waals surface area contributed by atoms with Crippen molar-refractivity contribution in [3.63, 3.8) is 0 Å². The van der Waals surface area contributed by atoms with E-state index in [0.29, 0.717) is 22.1 Å². The largest absolute Gasteiger partial charge is 0.493 e. The molecular weight excluding hydrogens is 617 g/mol. The summed E-state index contributed by atoms with van der Waals surface area (Å²) in [5, 5.41) is 3.07. The first-order valence-electron chi connectivity index (χ1n) is 12.4. The molecule has 1 atom stereocenters. The third-order valence-corrected chi connectivity index (χ3v) is 7.38. The van der Waals surface area contributed by atoms with Crippen LogP contribution in [0.5, 0.6) is 11.5 Å². The average molecular weight is 639 g/mol. The molecule has 2 amide bonds. The highest BCUT2D eigenvalue weighted by atomic mass is 32.2. The maximum absolute atomic E-state index is 14.5. The van der Waals surface area contributed by atoms with E-state index in [4.69, 9.17) is 9.47 Å². The first-order valence-corrected chi connectivity index (χ1v) is 13.3. The molecule has 44 heavy (non-hydrogen) atoms. The van der Waals surface area contributed by atoms with Crippen LogP contribution in [0.4, 0.5) is 42.1 Å². The maximum atomic E-state index is 14.5. The van der Waals surface area contributed by atoms with Crippen LogP contribution in [0.3, 0.4) is 0 Å². The third-order valence-electron chi connectivity index (χ3n) is 6.13. The maximum Gasteiger partial charge on any atom is 0.422 e. The zero-order chi connectivity index (χ0) is 32.2. The van der Waals surface area contributed by atoms with Gasteiger partial charge in [-0.05, 0) is 42.0 Å². The van der Waals surface area contributed by atoms with Crippen molar-refractivity contribution < 1.29 is 49.8 Å². The van der Waals surface area contributed by atoms with Crippen LogP contribution in [-0.4, -0.2) is 26.0 Å². The van der Waals surface area contributed by atoms with Crippen molar-refractivity contribution in [3.8, 4) is 11.5 Å². The van der Waals surface area contributed by atoms with E-state index in [-0.39, 0.29) is 11.1 Å². The van der Waals surface area contributed by atoms with Gasteiger partial charge in [0.1, 0.15) is 16.5 Å². The molecule has 4 aromatic carbocycles. The van der Waals surface area contributed by atoms with Crippen LogP contribution in [0.25, 0.3) is 0 Å². The molecule has 0 aliphatic carbocycles. The third kappa shape index (κ3) is 6.91. The topological polar surface area (TPSA) is 76.7 Å². The number of hydrogen-bond donors (Lipinski definition) is 2. The molecule has 4 rings (SSSR count). The van der Waals surface area contributed by atoms with E-state index in [1.54, 1.807) is 47.8 Å². The molecule has 2 N–H and O–H groups in total. The highest BCUT2D eigenvalue weighted by Crippen LogP contribution is 2.41. The number of carbonyl (C=O) groups is 2.